The standard InChI is InChI=1S/C42H27N3/c1-3-11-28(12-4-1)33-24-34(31-20-19-29-13-7-8-14-30(29)23-31)26-35(25-33)32-21-22-40-37(27-32)41-42(45(40)36-15-5-2-6-16-36)44-39-18-10-9-17-38(39)43-41/h1-27H/i1D,3D,4D,11D,12D. The van der Waals surface area contributed by atoms with Crippen LogP contribution in [0, 0.1) is 0 Å². The molecule has 2 heterocycles. The topological polar surface area (TPSA) is 30.7 Å². The van der Waals surface area contributed by atoms with Gasteiger partial charge in [-0.05, 0) is 105 Å². The van der Waals surface area contributed by atoms with Crippen molar-refractivity contribution in [2.45, 2.75) is 0 Å². The molecule has 0 aliphatic heterocycles. The Labute approximate surface area is 267 Å². The van der Waals surface area contributed by atoms with Crippen molar-refractivity contribution in [1.29, 1.82) is 0 Å². The summed E-state index contributed by atoms with van der Waals surface area (Å²) in [5, 5.41) is 3.13. The second kappa shape index (κ2) is 10.3. The molecule has 0 N–H and O–H groups in total. The highest BCUT2D eigenvalue weighted by atomic mass is 15.1. The Morgan fingerprint density at radius 1 is 0.467 bits per heavy atom. The van der Waals surface area contributed by atoms with E-state index in [0.717, 1.165) is 71.8 Å². The van der Waals surface area contributed by atoms with E-state index in [1.807, 2.05) is 66.7 Å². The lowest BCUT2D eigenvalue weighted by molar-refractivity contribution is 1.14. The lowest BCUT2D eigenvalue weighted by Crippen LogP contribution is -1.96. The van der Waals surface area contributed by atoms with Crippen LogP contribution in [0.5, 0.6) is 0 Å². The summed E-state index contributed by atoms with van der Waals surface area (Å²) < 4.78 is 44.7. The van der Waals surface area contributed by atoms with Crippen LogP contribution in [0.25, 0.3) is 82.9 Å². The van der Waals surface area contributed by atoms with Gasteiger partial charge in [0.25, 0.3) is 0 Å². The summed E-state index contributed by atoms with van der Waals surface area (Å²) in [6.07, 6.45) is 0. The predicted molar refractivity (Wildman–Crippen MR) is 188 cm³/mol. The molecule has 0 unspecified atom stereocenters. The molecule has 0 fully saturated rings. The molecular weight excluding hydrogens is 546 g/mol. The van der Waals surface area contributed by atoms with Gasteiger partial charge in [-0.25, -0.2) is 9.97 Å². The molecule has 0 amide bonds. The zero-order valence-corrected chi connectivity index (χ0v) is 24.0. The summed E-state index contributed by atoms with van der Waals surface area (Å²) in [5.74, 6) is 0. The first-order chi connectivity index (χ1) is 24.4. The number of para-hydroxylation sites is 3. The Balaban J connectivity index is 1.32. The average molecular weight is 579 g/mol. The highest BCUT2D eigenvalue weighted by Gasteiger charge is 2.17. The number of aromatic nitrogens is 3. The summed E-state index contributed by atoms with van der Waals surface area (Å²) in [4.78, 5) is 10.2. The van der Waals surface area contributed by atoms with Crippen molar-refractivity contribution in [3.63, 3.8) is 0 Å². The molecule has 7 aromatic carbocycles. The van der Waals surface area contributed by atoms with E-state index in [9.17, 15) is 0 Å². The SMILES string of the molecule is [2H]c1c([2H])c([2H])c(-c2cc(-c3ccc4ccccc4c3)cc(-c3ccc4c(c3)c3nc5ccccc5nc3n4-c3ccccc3)c2)c([2H])c1[2H]. The number of rotatable bonds is 4. The fraction of sp³-hybridized carbons (Fsp3) is 0. The van der Waals surface area contributed by atoms with E-state index >= 15 is 0 Å². The van der Waals surface area contributed by atoms with Gasteiger partial charge in [-0.15, -0.1) is 0 Å². The maximum Gasteiger partial charge on any atom is 0.165 e. The quantitative estimate of drug-likeness (QED) is 0.208. The summed E-state index contributed by atoms with van der Waals surface area (Å²) in [5.41, 5.74) is 9.36. The minimum atomic E-state index is -0.413. The van der Waals surface area contributed by atoms with E-state index < -0.39 is 6.04 Å². The van der Waals surface area contributed by atoms with Gasteiger partial charge in [0.05, 0.1) is 23.4 Å². The van der Waals surface area contributed by atoms with E-state index in [0.29, 0.717) is 5.56 Å². The molecule has 0 aliphatic rings. The Kier molecular flexibility index (Phi) is 4.75. The smallest absolute Gasteiger partial charge is 0.165 e. The molecule has 9 aromatic rings. The van der Waals surface area contributed by atoms with E-state index in [1.165, 1.54) is 0 Å². The molecule has 0 aliphatic carbocycles. The van der Waals surface area contributed by atoms with Crippen molar-refractivity contribution in [2.75, 3.05) is 0 Å². The van der Waals surface area contributed by atoms with Gasteiger partial charge in [0.1, 0.15) is 5.52 Å². The minimum Gasteiger partial charge on any atom is -0.293 e. The fourth-order valence-electron chi connectivity index (χ4n) is 6.25. The highest BCUT2D eigenvalue weighted by Crippen LogP contribution is 2.38. The lowest BCUT2D eigenvalue weighted by atomic mass is 9.92. The molecule has 0 saturated carbocycles. The first kappa shape index (κ1) is 20.8. The monoisotopic (exact) mass is 578 g/mol. The molecule has 210 valence electrons. The van der Waals surface area contributed by atoms with Gasteiger partial charge >= 0.3 is 0 Å². The minimum absolute atomic E-state index is 0.166. The lowest BCUT2D eigenvalue weighted by Gasteiger charge is -2.12. The molecule has 3 heteroatoms. The number of nitrogens with zero attached hydrogens (tertiary/aromatic N) is 3. The van der Waals surface area contributed by atoms with Crippen LogP contribution in [-0.2, 0) is 0 Å². The van der Waals surface area contributed by atoms with Gasteiger partial charge in [-0.2, -0.15) is 0 Å². The van der Waals surface area contributed by atoms with Crippen LogP contribution in [0.2, 0.25) is 0 Å². The molecule has 9 rings (SSSR count). The number of fused-ring (bicyclic) bond motifs is 5. The molecule has 0 saturated heterocycles. The highest BCUT2D eigenvalue weighted by molar-refractivity contribution is 6.09. The van der Waals surface area contributed by atoms with Crippen LogP contribution in [-0.4, -0.2) is 14.5 Å². The summed E-state index contributed by atoms with van der Waals surface area (Å²) in [6.45, 7) is 0. The molecule has 3 nitrogen and oxygen atoms in total. The maximum atomic E-state index is 8.79. The largest absolute Gasteiger partial charge is 0.293 e. The third kappa shape index (κ3) is 4.37. The van der Waals surface area contributed by atoms with Crippen molar-refractivity contribution < 1.29 is 6.85 Å². The van der Waals surface area contributed by atoms with Crippen molar-refractivity contribution in [2.24, 2.45) is 0 Å². The van der Waals surface area contributed by atoms with Gasteiger partial charge in [0.15, 0.2) is 5.65 Å². The van der Waals surface area contributed by atoms with Gasteiger partial charge in [-0.3, -0.25) is 4.57 Å². The van der Waals surface area contributed by atoms with Crippen LogP contribution in [0.3, 0.4) is 0 Å². The van der Waals surface area contributed by atoms with Crippen molar-refractivity contribution >= 4 is 43.9 Å². The van der Waals surface area contributed by atoms with Gasteiger partial charge in [0, 0.05) is 11.1 Å². The number of hydrogen-bond acceptors (Lipinski definition) is 2. The Morgan fingerprint density at radius 2 is 1.09 bits per heavy atom. The summed E-state index contributed by atoms with van der Waals surface area (Å²) >= 11 is 0. The summed E-state index contributed by atoms with van der Waals surface area (Å²) in [7, 11) is 0. The van der Waals surface area contributed by atoms with Crippen LogP contribution in [0.15, 0.2) is 164 Å². The molecule has 2 aromatic heterocycles. The maximum absolute atomic E-state index is 8.79. The number of hydrogen-bond donors (Lipinski definition) is 0. The van der Waals surface area contributed by atoms with Gasteiger partial charge in [-0.1, -0.05) is 103 Å². The number of benzene rings is 7. The summed E-state index contributed by atoms with van der Waals surface area (Å²) in [6, 6.07) is 43.0. The molecule has 45 heavy (non-hydrogen) atoms. The van der Waals surface area contributed by atoms with E-state index in [-0.39, 0.29) is 29.7 Å². The zero-order valence-electron chi connectivity index (χ0n) is 29.0. The zero-order chi connectivity index (χ0) is 34.1. The van der Waals surface area contributed by atoms with E-state index in [1.54, 1.807) is 0 Å². The van der Waals surface area contributed by atoms with Crippen molar-refractivity contribution in [3.05, 3.63) is 164 Å². The van der Waals surface area contributed by atoms with Crippen molar-refractivity contribution in [1.82, 2.24) is 14.5 Å². The van der Waals surface area contributed by atoms with E-state index in [4.69, 9.17) is 16.8 Å². The normalized spacial score (nSPS) is 13.1. The molecule has 0 radical (unpaired) electrons. The molecule has 0 spiro atoms. The van der Waals surface area contributed by atoms with Crippen LogP contribution in [0.1, 0.15) is 6.85 Å². The van der Waals surface area contributed by atoms with Crippen molar-refractivity contribution in [3.8, 4) is 39.1 Å². The second-order valence-electron chi connectivity index (χ2n) is 11.1. The predicted octanol–water partition coefficient (Wildman–Crippen LogP) is 10.9. The van der Waals surface area contributed by atoms with Gasteiger partial charge < -0.3 is 0 Å². The third-order valence-electron chi connectivity index (χ3n) is 8.41. The Bertz CT molecular complexity index is 2800. The van der Waals surface area contributed by atoms with Crippen LogP contribution in [0.4, 0.5) is 0 Å². The van der Waals surface area contributed by atoms with Crippen LogP contribution >= 0.6 is 0 Å². The first-order valence-corrected chi connectivity index (χ1v) is 14.8. The molecule has 0 atom stereocenters. The second-order valence-corrected chi connectivity index (χ2v) is 11.1. The van der Waals surface area contributed by atoms with Crippen LogP contribution < -0.4 is 0 Å². The third-order valence-corrected chi connectivity index (χ3v) is 8.41. The molecule has 0 bridgehead atoms. The Morgan fingerprint density at radius 3 is 1.87 bits per heavy atom. The van der Waals surface area contributed by atoms with Gasteiger partial charge in [0.2, 0.25) is 0 Å². The molecular formula is C42H27N3. The average Bonchev–Trinajstić information content (AvgIpc) is 3.47. The van der Waals surface area contributed by atoms with E-state index in [2.05, 4.69) is 71.3 Å². The fourth-order valence-corrected chi connectivity index (χ4v) is 6.25. The first-order valence-electron chi connectivity index (χ1n) is 17.3. The Hall–Kier alpha value is -6.06.